The van der Waals surface area contributed by atoms with Crippen LogP contribution in [-0.4, -0.2) is 39.9 Å². The van der Waals surface area contributed by atoms with Crippen molar-refractivity contribution in [1.29, 1.82) is 0 Å². The minimum Gasteiger partial charge on any atom is -0.354 e. The average Bonchev–Trinajstić information content (AvgIpc) is 3.96. The normalized spacial score (nSPS) is 12.8. The third-order valence-corrected chi connectivity index (χ3v) is 9.48. The monoisotopic (exact) mass is 676 g/mol. The summed E-state index contributed by atoms with van der Waals surface area (Å²) in [5.41, 5.74) is 14.8. The second-order valence-electron chi connectivity index (χ2n) is 13.3. The predicted octanol–water partition coefficient (Wildman–Crippen LogP) is 5.12. The van der Waals surface area contributed by atoms with Gasteiger partial charge in [0.2, 0.25) is 0 Å². The zero-order valence-electron chi connectivity index (χ0n) is 29.3. The summed E-state index contributed by atoms with van der Waals surface area (Å²) in [5.74, 6) is 0. The van der Waals surface area contributed by atoms with Crippen molar-refractivity contribution in [3.8, 4) is 0 Å². The van der Waals surface area contributed by atoms with Crippen LogP contribution in [0.4, 0.5) is 0 Å². The zero-order chi connectivity index (χ0) is 35.3. The Balaban J connectivity index is 1.45. The Morgan fingerprint density at radius 3 is 0.769 bits per heavy atom. The van der Waals surface area contributed by atoms with Crippen LogP contribution in [0.5, 0.6) is 0 Å². The summed E-state index contributed by atoms with van der Waals surface area (Å²) >= 11 is 0. The van der Waals surface area contributed by atoms with E-state index in [0.717, 1.165) is 112 Å². The van der Waals surface area contributed by atoms with Crippen molar-refractivity contribution in [2.24, 2.45) is 0 Å². The molecule has 8 aromatic heterocycles. The van der Waals surface area contributed by atoms with Gasteiger partial charge in [-0.25, -0.2) is 0 Å². The van der Waals surface area contributed by atoms with Crippen LogP contribution in [0, 0.1) is 27.7 Å². The molecule has 1 aliphatic rings. The van der Waals surface area contributed by atoms with E-state index in [2.05, 4.69) is 117 Å². The highest BCUT2D eigenvalue weighted by molar-refractivity contribution is 5.83. The minimum atomic E-state index is 0.864. The lowest BCUT2D eigenvalue weighted by atomic mass is 10.1. The van der Waals surface area contributed by atoms with E-state index in [-0.39, 0.29) is 0 Å². The number of pyridine rings is 4. The number of nitrogens with zero attached hydrogens (tertiary/aromatic N) is 4. The second kappa shape index (κ2) is 12.5. The van der Waals surface area contributed by atoms with E-state index in [9.17, 15) is 0 Å². The van der Waals surface area contributed by atoms with Gasteiger partial charge in [0, 0.05) is 45.1 Å². The summed E-state index contributed by atoms with van der Waals surface area (Å²) < 4.78 is 0. The van der Waals surface area contributed by atoms with E-state index < -0.39 is 0 Å². The molecular weight excluding hydrogens is 641 g/mol. The lowest BCUT2D eigenvalue weighted by molar-refractivity contribution is 1.12. The molecule has 0 fully saturated rings. The molecule has 0 unspecified atom stereocenters. The van der Waals surface area contributed by atoms with Gasteiger partial charge in [0.15, 0.2) is 0 Å². The maximum Gasteiger partial charge on any atom is 0.0747 e. The Hall–Kier alpha value is -6.80. The van der Waals surface area contributed by atoms with Gasteiger partial charge < -0.3 is 19.9 Å². The van der Waals surface area contributed by atoms with Crippen LogP contribution in [0.15, 0.2) is 121 Å². The maximum absolute atomic E-state index is 5.00. The average molecular weight is 677 g/mol. The molecule has 252 valence electrons. The molecule has 8 aromatic rings. The molecule has 8 heteroatoms. The van der Waals surface area contributed by atoms with Crippen molar-refractivity contribution < 1.29 is 0 Å². The zero-order valence-corrected chi connectivity index (χ0v) is 29.3. The highest BCUT2D eigenvalue weighted by Crippen LogP contribution is 2.26. The van der Waals surface area contributed by atoms with Crippen LogP contribution in [0.25, 0.3) is 22.3 Å². The molecule has 8 nitrogen and oxygen atoms in total. The fraction of sp³-hybridized carbons (Fsp3) is 0.0909. The van der Waals surface area contributed by atoms with Gasteiger partial charge in [0.1, 0.15) is 0 Å². The molecule has 0 aromatic carbocycles. The SMILES string of the molecule is Cc1cccc(C2=c3ccc([nH]3)=C(c3cccc(C)n3)c3ccc([nH]3)C(c3cccc(C)n3)=c3ccc([nH]3)=C(c3cccc(C)n3)c3ccc2[nH]3)n1. The van der Waals surface area contributed by atoms with Crippen molar-refractivity contribution in [3.63, 3.8) is 0 Å². The fourth-order valence-electron chi connectivity index (χ4n) is 7.16. The van der Waals surface area contributed by atoms with Crippen LogP contribution >= 0.6 is 0 Å². The summed E-state index contributed by atoms with van der Waals surface area (Å²) in [6, 6.07) is 41.6. The van der Waals surface area contributed by atoms with Crippen LogP contribution < -0.4 is 21.4 Å². The van der Waals surface area contributed by atoms with Crippen molar-refractivity contribution in [3.05, 3.63) is 211 Å². The molecule has 1 aliphatic heterocycles. The lowest BCUT2D eigenvalue weighted by Crippen LogP contribution is -2.20. The molecule has 0 aliphatic carbocycles. The quantitative estimate of drug-likeness (QED) is 0.207. The first-order valence-corrected chi connectivity index (χ1v) is 17.4. The summed E-state index contributed by atoms with van der Waals surface area (Å²) in [4.78, 5) is 35.2. The number of fused-ring (bicyclic) bond motifs is 8. The molecule has 9 rings (SSSR count). The molecular formula is C44H36N8. The van der Waals surface area contributed by atoms with E-state index in [4.69, 9.17) is 19.9 Å². The maximum atomic E-state index is 5.00. The number of hydrogen-bond acceptors (Lipinski definition) is 4. The Morgan fingerprint density at radius 2 is 0.538 bits per heavy atom. The molecule has 0 atom stereocenters. The van der Waals surface area contributed by atoms with E-state index in [1.165, 1.54) is 0 Å². The Bertz CT molecular complexity index is 2520. The highest BCUT2D eigenvalue weighted by Gasteiger charge is 2.20. The van der Waals surface area contributed by atoms with Crippen molar-refractivity contribution in [2.75, 3.05) is 0 Å². The molecule has 0 amide bonds. The number of aromatic amines is 4. The topological polar surface area (TPSA) is 115 Å². The number of aryl methyl sites for hydroxylation is 4. The molecule has 4 N–H and O–H groups in total. The first-order chi connectivity index (χ1) is 25.4. The summed E-state index contributed by atoms with van der Waals surface area (Å²) in [5, 5.41) is 3.72. The van der Waals surface area contributed by atoms with E-state index in [0.29, 0.717) is 0 Å². The van der Waals surface area contributed by atoms with Gasteiger partial charge in [-0.1, -0.05) is 24.3 Å². The van der Waals surface area contributed by atoms with Crippen LogP contribution in [0.2, 0.25) is 0 Å². The number of nitrogens with one attached hydrogen (secondary N) is 4. The Kier molecular flexibility index (Phi) is 7.51. The van der Waals surface area contributed by atoms with E-state index in [1.54, 1.807) is 0 Å². The van der Waals surface area contributed by atoms with Crippen molar-refractivity contribution in [1.82, 2.24) is 39.9 Å². The first-order valence-electron chi connectivity index (χ1n) is 17.4. The first kappa shape index (κ1) is 31.2. The largest absolute Gasteiger partial charge is 0.354 e. The number of hydrogen-bond donors (Lipinski definition) is 4. The highest BCUT2D eigenvalue weighted by atomic mass is 14.8. The number of H-pyrrole nitrogens is 4. The third kappa shape index (κ3) is 5.60. The van der Waals surface area contributed by atoms with Gasteiger partial charge in [-0.3, -0.25) is 19.9 Å². The smallest absolute Gasteiger partial charge is 0.0747 e. The van der Waals surface area contributed by atoms with Crippen LogP contribution in [0.1, 0.15) is 68.3 Å². The van der Waals surface area contributed by atoms with Gasteiger partial charge in [-0.2, -0.15) is 0 Å². The number of rotatable bonds is 4. The second-order valence-corrected chi connectivity index (χ2v) is 13.3. The van der Waals surface area contributed by atoms with Gasteiger partial charge in [0.25, 0.3) is 0 Å². The fourth-order valence-corrected chi connectivity index (χ4v) is 7.16. The summed E-state index contributed by atoms with van der Waals surface area (Å²) in [6.07, 6.45) is 0. The van der Waals surface area contributed by atoms with Crippen molar-refractivity contribution in [2.45, 2.75) is 27.7 Å². The van der Waals surface area contributed by atoms with E-state index in [1.807, 2.05) is 52.0 Å². The van der Waals surface area contributed by atoms with Gasteiger partial charge in [-0.05, 0) is 125 Å². The predicted molar refractivity (Wildman–Crippen MR) is 204 cm³/mol. The van der Waals surface area contributed by atoms with Gasteiger partial charge in [-0.15, -0.1) is 0 Å². The lowest BCUT2D eigenvalue weighted by Gasteiger charge is -2.09. The van der Waals surface area contributed by atoms with Crippen molar-refractivity contribution >= 4 is 22.3 Å². The summed E-state index contributed by atoms with van der Waals surface area (Å²) in [7, 11) is 0. The number of aromatic nitrogens is 8. The molecule has 0 saturated heterocycles. The summed E-state index contributed by atoms with van der Waals surface area (Å²) in [6.45, 7) is 8.09. The minimum absolute atomic E-state index is 0.864. The molecule has 8 bridgehead atoms. The van der Waals surface area contributed by atoms with Gasteiger partial charge >= 0.3 is 0 Å². The van der Waals surface area contributed by atoms with E-state index >= 15 is 0 Å². The molecule has 0 radical (unpaired) electrons. The Morgan fingerprint density at radius 1 is 0.288 bits per heavy atom. The molecule has 9 heterocycles. The standard InChI is InChI=1S/C44H36N8/c1-25-9-5-13-29(45-25)41-33-17-19-35(49-33)42(30-14-6-10-26(2)46-30)37-21-23-39(51-37)44(32-16-8-12-28(4)48-32)40-24-22-38(52-40)43(36-20-18-34(41)50-36)31-15-7-11-27(3)47-31/h5-24,49-52H,1-4H3. The Labute approximate surface area is 300 Å². The molecule has 0 saturated carbocycles. The van der Waals surface area contributed by atoms with Crippen LogP contribution in [-0.2, 0) is 0 Å². The van der Waals surface area contributed by atoms with Gasteiger partial charge in [0.05, 0.1) is 66.9 Å². The van der Waals surface area contributed by atoms with Crippen LogP contribution in [0.3, 0.4) is 0 Å². The third-order valence-electron chi connectivity index (χ3n) is 9.48. The molecule has 52 heavy (non-hydrogen) atoms. The molecule has 0 spiro atoms.